The maximum atomic E-state index is 2.49. The molecule has 0 N–H and O–H groups in total. The minimum atomic E-state index is 1.27. The molecule has 234 valence electrons. The largest absolute Gasteiger partial charge is 0.0617 e. The van der Waals surface area contributed by atoms with Crippen LogP contribution in [-0.2, 0) is 0 Å². The third-order valence-electron chi connectivity index (χ3n) is 11.0. The van der Waals surface area contributed by atoms with Gasteiger partial charge in [0.2, 0.25) is 0 Å². The van der Waals surface area contributed by atoms with Gasteiger partial charge in [-0.2, -0.15) is 0 Å². The molecule has 0 fully saturated rings. The summed E-state index contributed by atoms with van der Waals surface area (Å²) >= 11 is 0. The second-order valence-electron chi connectivity index (χ2n) is 14.1. The van der Waals surface area contributed by atoms with E-state index in [0.717, 1.165) is 0 Å². The Hall–Kier alpha value is -5.20. The van der Waals surface area contributed by atoms with E-state index in [1.54, 1.807) is 0 Å². The summed E-state index contributed by atoms with van der Waals surface area (Å²) < 4.78 is 0. The van der Waals surface area contributed by atoms with E-state index in [1.165, 1.54) is 121 Å². The zero-order valence-electron chi connectivity index (χ0n) is 29.4. The van der Waals surface area contributed by atoms with Crippen LogP contribution in [0.5, 0.6) is 0 Å². The molecule has 0 unspecified atom stereocenters. The van der Waals surface area contributed by atoms with Gasteiger partial charge in [0.15, 0.2) is 0 Å². The van der Waals surface area contributed by atoms with Crippen molar-refractivity contribution in [2.45, 2.75) is 55.4 Å². The van der Waals surface area contributed by atoms with Crippen LogP contribution in [0.1, 0.15) is 44.5 Å². The van der Waals surface area contributed by atoms with E-state index in [2.05, 4.69) is 165 Å². The van der Waals surface area contributed by atoms with Crippen LogP contribution in [-0.4, -0.2) is 0 Å². The number of hydrogen-bond acceptors (Lipinski definition) is 0. The van der Waals surface area contributed by atoms with Crippen molar-refractivity contribution in [3.8, 4) is 44.5 Å². The second-order valence-corrected chi connectivity index (χ2v) is 14.1. The summed E-state index contributed by atoms with van der Waals surface area (Å²) in [5.41, 5.74) is 21.0. The van der Waals surface area contributed by atoms with Crippen LogP contribution in [0, 0.1) is 55.4 Å². The highest BCUT2D eigenvalue weighted by Crippen LogP contribution is 2.50. The Balaban J connectivity index is 1.64. The van der Waals surface area contributed by atoms with Crippen LogP contribution >= 0.6 is 0 Å². The van der Waals surface area contributed by atoms with Gasteiger partial charge in [-0.3, -0.25) is 0 Å². The van der Waals surface area contributed by atoms with Crippen LogP contribution in [0.4, 0.5) is 0 Å². The van der Waals surface area contributed by atoms with Crippen molar-refractivity contribution in [1.82, 2.24) is 0 Å². The summed E-state index contributed by atoms with van der Waals surface area (Å²) in [6.45, 7) is 18.0. The molecule has 8 aromatic carbocycles. The summed E-state index contributed by atoms with van der Waals surface area (Å²) in [6.07, 6.45) is 0. The Morgan fingerprint density at radius 1 is 0.271 bits per heavy atom. The topological polar surface area (TPSA) is 0 Å². The average Bonchev–Trinajstić information content (AvgIpc) is 3.05. The molecule has 48 heavy (non-hydrogen) atoms. The van der Waals surface area contributed by atoms with Crippen molar-refractivity contribution in [2.24, 2.45) is 0 Å². The molecule has 8 rings (SSSR count). The molecule has 0 aliphatic rings. The summed E-state index contributed by atoms with van der Waals surface area (Å²) in [7, 11) is 0. The van der Waals surface area contributed by atoms with Crippen molar-refractivity contribution in [1.29, 1.82) is 0 Å². The third-order valence-corrected chi connectivity index (χ3v) is 11.0. The molecule has 0 saturated carbocycles. The fraction of sp³-hybridized carbons (Fsp3) is 0.167. The van der Waals surface area contributed by atoms with Gasteiger partial charge in [-0.25, -0.2) is 0 Å². The highest BCUT2D eigenvalue weighted by atomic mass is 14.3. The second kappa shape index (κ2) is 11.2. The van der Waals surface area contributed by atoms with Crippen LogP contribution < -0.4 is 0 Å². The molecule has 0 spiro atoms. The molecule has 0 aromatic heterocycles. The summed E-state index contributed by atoms with van der Waals surface area (Å²) in [5.74, 6) is 0. The normalized spacial score (nSPS) is 11.8. The first kappa shape index (κ1) is 30.2. The molecule has 0 saturated heterocycles. The van der Waals surface area contributed by atoms with E-state index in [9.17, 15) is 0 Å². The molecule has 0 nitrogen and oxygen atoms in total. The Morgan fingerprint density at radius 3 is 0.958 bits per heavy atom. The minimum absolute atomic E-state index is 1.27. The molecule has 0 heterocycles. The van der Waals surface area contributed by atoms with E-state index >= 15 is 0 Å². The zero-order valence-corrected chi connectivity index (χ0v) is 29.4. The van der Waals surface area contributed by atoms with Gasteiger partial charge < -0.3 is 0 Å². The SMILES string of the molecule is Cc1ccc(-c2cc(-c3c(C)cccc3C)c3ccc4c(-c5c(C)cccc5C)cc(-c5c(C)cccc5C)c5ccc2c3c54)cc1C. The summed E-state index contributed by atoms with van der Waals surface area (Å²) in [4.78, 5) is 0. The molecule has 8 aromatic rings. The number of aryl methyl sites for hydroxylation is 8. The number of hydrogen-bond donors (Lipinski definition) is 0. The van der Waals surface area contributed by atoms with Gasteiger partial charge in [0, 0.05) is 0 Å². The third kappa shape index (κ3) is 4.50. The first-order valence-corrected chi connectivity index (χ1v) is 17.2. The fourth-order valence-electron chi connectivity index (χ4n) is 8.48. The fourth-order valence-corrected chi connectivity index (χ4v) is 8.48. The summed E-state index contributed by atoms with van der Waals surface area (Å²) in [5, 5.41) is 7.99. The van der Waals surface area contributed by atoms with Gasteiger partial charge in [-0.15, -0.1) is 0 Å². The lowest BCUT2D eigenvalue weighted by molar-refractivity contribution is 1.34. The molecule has 0 radical (unpaired) electrons. The Kier molecular flexibility index (Phi) is 7.04. The van der Waals surface area contributed by atoms with Crippen LogP contribution in [0.15, 0.2) is 109 Å². The van der Waals surface area contributed by atoms with Gasteiger partial charge in [-0.05, 0) is 189 Å². The van der Waals surface area contributed by atoms with Crippen molar-refractivity contribution in [2.75, 3.05) is 0 Å². The Bertz CT molecular complexity index is 2440. The number of rotatable bonds is 4. The molecule has 0 aliphatic carbocycles. The lowest BCUT2D eigenvalue weighted by Crippen LogP contribution is -1.98. The maximum Gasteiger partial charge on any atom is -0.00139 e. The predicted molar refractivity (Wildman–Crippen MR) is 210 cm³/mol. The average molecular weight is 619 g/mol. The minimum Gasteiger partial charge on any atom is -0.0617 e. The smallest absolute Gasteiger partial charge is 0.00139 e. The molecule has 0 aliphatic heterocycles. The maximum absolute atomic E-state index is 2.49. The van der Waals surface area contributed by atoms with Gasteiger partial charge >= 0.3 is 0 Å². The van der Waals surface area contributed by atoms with Crippen LogP contribution in [0.3, 0.4) is 0 Å². The molecule has 0 atom stereocenters. The van der Waals surface area contributed by atoms with Gasteiger partial charge in [-0.1, -0.05) is 97.1 Å². The van der Waals surface area contributed by atoms with E-state index < -0.39 is 0 Å². The van der Waals surface area contributed by atoms with E-state index in [1.807, 2.05) is 0 Å². The highest BCUT2D eigenvalue weighted by molar-refractivity contribution is 6.32. The van der Waals surface area contributed by atoms with Crippen LogP contribution in [0.2, 0.25) is 0 Å². The standard InChI is InChI=1S/C48H42/c1-27-18-19-35(24-34(27)8)40-25-41(44-28(2)12-9-13-29(44)3)37-22-23-39-43(46-32(6)16-11-17-33(46)7)26-42(45-30(4)14-10-15-31(45)5)38-21-20-36(40)47(37)48(38)39/h9-26H,1-8H3. The molecule has 0 bridgehead atoms. The summed E-state index contributed by atoms with van der Waals surface area (Å²) in [6, 6.07) is 41.7. The molecule has 0 heteroatoms. The lowest BCUT2D eigenvalue weighted by atomic mass is 9.79. The first-order chi connectivity index (χ1) is 23.1. The molecular formula is C48H42. The monoisotopic (exact) mass is 618 g/mol. The van der Waals surface area contributed by atoms with Crippen molar-refractivity contribution in [3.05, 3.63) is 154 Å². The molecule has 0 amide bonds. The van der Waals surface area contributed by atoms with Gasteiger partial charge in [0.1, 0.15) is 0 Å². The van der Waals surface area contributed by atoms with E-state index in [-0.39, 0.29) is 0 Å². The van der Waals surface area contributed by atoms with Crippen molar-refractivity contribution >= 4 is 32.3 Å². The lowest BCUT2D eigenvalue weighted by Gasteiger charge is -2.24. The number of benzene rings is 8. The Morgan fingerprint density at radius 2 is 0.604 bits per heavy atom. The zero-order chi connectivity index (χ0) is 33.4. The van der Waals surface area contributed by atoms with Crippen molar-refractivity contribution < 1.29 is 0 Å². The van der Waals surface area contributed by atoms with E-state index in [0.29, 0.717) is 0 Å². The van der Waals surface area contributed by atoms with E-state index in [4.69, 9.17) is 0 Å². The van der Waals surface area contributed by atoms with Gasteiger partial charge in [0.05, 0.1) is 0 Å². The molecular weight excluding hydrogens is 577 g/mol. The quantitative estimate of drug-likeness (QED) is 0.172. The Labute approximate surface area is 285 Å². The van der Waals surface area contributed by atoms with Crippen LogP contribution in [0.25, 0.3) is 76.8 Å². The predicted octanol–water partition coefficient (Wildman–Crippen LogP) is 13.7. The highest BCUT2D eigenvalue weighted by Gasteiger charge is 2.23. The first-order valence-electron chi connectivity index (χ1n) is 17.2. The van der Waals surface area contributed by atoms with Gasteiger partial charge in [0.25, 0.3) is 0 Å². The van der Waals surface area contributed by atoms with Crippen molar-refractivity contribution in [3.63, 3.8) is 0 Å².